The molecule has 2 heterocycles. The van der Waals surface area contributed by atoms with E-state index in [1.54, 1.807) is 49.7 Å². The Morgan fingerprint density at radius 3 is 2.52 bits per heavy atom. The van der Waals surface area contributed by atoms with Crippen LogP contribution in [0.25, 0.3) is 11.4 Å². The summed E-state index contributed by atoms with van der Waals surface area (Å²) in [5.74, 6) is 0.276. The number of hydrogen-bond donors (Lipinski definition) is 0. The van der Waals surface area contributed by atoms with Crippen LogP contribution < -0.4 is 0 Å². The first-order chi connectivity index (χ1) is 13.8. The molecule has 0 bridgehead atoms. The van der Waals surface area contributed by atoms with Crippen LogP contribution in [0.4, 0.5) is 0 Å². The van der Waals surface area contributed by atoms with E-state index < -0.39 is 15.3 Å². The number of rotatable bonds is 7. The average molecular weight is 441 g/mol. The summed E-state index contributed by atoms with van der Waals surface area (Å²) in [6.45, 7) is 5.36. The Morgan fingerprint density at radius 2 is 1.90 bits per heavy atom. The predicted octanol–water partition coefficient (Wildman–Crippen LogP) is 1.55. The summed E-state index contributed by atoms with van der Waals surface area (Å²) in [4.78, 5) is 12.1. The van der Waals surface area contributed by atoms with Crippen molar-refractivity contribution in [2.75, 3.05) is 32.9 Å². The van der Waals surface area contributed by atoms with Crippen LogP contribution in [0.1, 0.15) is 13.8 Å². The number of esters is 1. The minimum Gasteiger partial charge on any atom is -0.465 e. The van der Waals surface area contributed by atoms with E-state index in [0.29, 0.717) is 43.9 Å². The van der Waals surface area contributed by atoms with E-state index in [1.807, 2.05) is 0 Å². The molecule has 1 saturated heterocycles. The second-order valence-corrected chi connectivity index (χ2v) is 9.66. The lowest BCUT2D eigenvalue weighted by Gasteiger charge is -2.26. The molecule has 158 valence electrons. The van der Waals surface area contributed by atoms with Crippen LogP contribution >= 0.6 is 11.8 Å². The first kappa shape index (κ1) is 21.8. The lowest BCUT2D eigenvalue weighted by atomic mass is 10.2. The van der Waals surface area contributed by atoms with E-state index in [1.165, 1.54) is 16.1 Å². The molecule has 2 aromatic rings. The lowest BCUT2D eigenvalue weighted by Crippen LogP contribution is -2.40. The van der Waals surface area contributed by atoms with E-state index >= 15 is 0 Å². The van der Waals surface area contributed by atoms with Crippen LogP contribution in [-0.4, -0.2) is 71.6 Å². The van der Waals surface area contributed by atoms with Crippen LogP contribution in [0, 0.1) is 0 Å². The fourth-order valence-electron chi connectivity index (χ4n) is 2.85. The van der Waals surface area contributed by atoms with Gasteiger partial charge in [-0.2, -0.15) is 4.31 Å². The van der Waals surface area contributed by atoms with Gasteiger partial charge in [0.15, 0.2) is 11.0 Å². The molecule has 3 rings (SSSR count). The molecule has 9 nitrogen and oxygen atoms in total. The molecule has 0 aliphatic carbocycles. The van der Waals surface area contributed by atoms with Crippen molar-refractivity contribution < 1.29 is 22.7 Å². The second kappa shape index (κ2) is 9.24. The lowest BCUT2D eigenvalue weighted by molar-refractivity contribution is -0.142. The molecule has 1 unspecified atom stereocenters. The molecule has 0 radical (unpaired) electrons. The van der Waals surface area contributed by atoms with Gasteiger partial charge in [0.25, 0.3) is 0 Å². The van der Waals surface area contributed by atoms with Crippen LogP contribution in [-0.2, 0) is 31.3 Å². The maximum absolute atomic E-state index is 12.7. The minimum atomic E-state index is -3.54. The van der Waals surface area contributed by atoms with Gasteiger partial charge in [-0.1, -0.05) is 11.8 Å². The summed E-state index contributed by atoms with van der Waals surface area (Å²) in [6, 6.07) is 6.56. The molecular weight excluding hydrogens is 416 g/mol. The Hall–Kier alpha value is -1.95. The van der Waals surface area contributed by atoms with Gasteiger partial charge >= 0.3 is 5.97 Å². The van der Waals surface area contributed by atoms with Crippen LogP contribution in [0.15, 0.2) is 34.3 Å². The summed E-state index contributed by atoms with van der Waals surface area (Å²) < 4.78 is 38.9. The number of hydrogen-bond acceptors (Lipinski definition) is 8. The smallest absolute Gasteiger partial charge is 0.319 e. The number of aromatic nitrogens is 3. The van der Waals surface area contributed by atoms with Crippen molar-refractivity contribution >= 4 is 27.8 Å². The maximum atomic E-state index is 12.7. The number of benzene rings is 1. The van der Waals surface area contributed by atoms with Crippen molar-refractivity contribution in [3.05, 3.63) is 24.3 Å². The quantitative estimate of drug-likeness (QED) is 0.472. The summed E-state index contributed by atoms with van der Waals surface area (Å²) in [5, 5.41) is 8.50. The summed E-state index contributed by atoms with van der Waals surface area (Å²) in [7, 11) is -1.74. The number of morpholine rings is 1. The van der Waals surface area contributed by atoms with Crippen molar-refractivity contribution in [1.29, 1.82) is 0 Å². The summed E-state index contributed by atoms with van der Waals surface area (Å²) in [5.41, 5.74) is 0.733. The number of ether oxygens (including phenoxy) is 2. The van der Waals surface area contributed by atoms with Gasteiger partial charge in [0.05, 0.1) is 24.7 Å². The highest BCUT2D eigenvalue weighted by atomic mass is 32.2. The fourth-order valence-corrected chi connectivity index (χ4v) is 5.07. The topological polar surface area (TPSA) is 104 Å². The van der Waals surface area contributed by atoms with Gasteiger partial charge < -0.3 is 14.0 Å². The predicted molar refractivity (Wildman–Crippen MR) is 108 cm³/mol. The Labute approximate surface area is 174 Å². The Balaban J connectivity index is 1.77. The van der Waals surface area contributed by atoms with Crippen molar-refractivity contribution in [2.45, 2.75) is 29.1 Å². The number of sulfonamides is 1. The fraction of sp³-hybridized carbons (Fsp3) is 0.500. The number of carbonyl (C=O) groups is 1. The third kappa shape index (κ3) is 4.80. The summed E-state index contributed by atoms with van der Waals surface area (Å²) in [6.07, 6.45) is 0. The van der Waals surface area contributed by atoms with Gasteiger partial charge in [-0.15, -0.1) is 10.2 Å². The van der Waals surface area contributed by atoms with Crippen LogP contribution in [0.2, 0.25) is 0 Å². The van der Waals surface area contributed by atoms with E-state index in [4.69, 9.17) is 9.47 Å². The van der Waals surface area contributed by atoms with Gasteiger partial charge in [0.2, 0.25) is 10.0 Å². The van der Waals surface area contributed by atoms with E-state index in [9.17, 15) is 13.2 Å². The standard InChI is InChI=1S/C18H24N4O5S2/c1-4-27-17(23)13(2)28-18-20-19-16(21(18)3)14-5-7-15(8-6-14)29(24,25)22-9-11-26-12-10-22/h5-8,13H,4,9-12H2,1-3H3. The molecule has 1 fully saturated rings. The highest BCUT2D eigenvalue weighted by Crippen LogP contribution is 2.27. The monoisotopic (exact) mass is 440 g/mol. The first-order valence-corrected chi connectivity index (χ1v) is 11.6. The molecule has 1 aromatic carbocycles. The van der Waals surface area contributed by atoms with Crippen LogP contribution in [0.5, 0.6) is 0 Å². The molecular formula is C18H24N4O5S2. The van der Waals surface area contributed by atoms with E-state index in [-0.39, 0.29) is 10.9 Å². The Morgan fingerprint density at radius 1 is 1.24 bits per heavy atom. The van der Waals surface area contributed by atoms with Crippen LogP contribution in [0.3, 0.4) is 0 Å². The SMILES string of the molecule is CCOC(=O)C(C)Sc1nnc(-c2ccc(S(=O)(=O)N3CCOCC3)cc2)n1C. The number of thioether (sulfide) groups is 1. The highest BCUT2D eigenvalue weighted by molar-refractivity contribution is 8.00. The molecule has 1 aliphatic heterocycles. The van der Waals surface area contributed by atoms with E-state index in [0.717, 1.165) is 5.56 Å². The van der Waals surface area contributed by atoms with Crippen molar-refractivity contribution in [2.24, 2.45) is 7.05 Å². The zero-order valence-corrected chi connectivity index (χ0v) is 18.2. The minimum absolute atomic E-state index is 0.232. The second-order valence-electron chi connectivity index (χ2n) is 6.42. The maximum Gasteiger partial charge on any atom is 0.319 e. The van der Waals surface area contributed by atoms with Crippen molar-refractivity contribution in [3.8, 4) is 11.4 Å². The highest BCUT2D eigenvalue weighted by Gasteiger charge is 2.26. The van der Waals surface area contributed by atoms with Gasteiger partial charge in [0, 0.05) is 25.7 Å². The Bertz CT molecular complexity index is 953. The zero-order valence-electron chi connectivity index (χ0n) is 16.6. The van der Waals surface area contributed by atoms with E-state index in [2.05, 4.69) is 10.2 Å². The largest absolute Gasteiger partial charge is 0.465 e. The van der Waals surface area contributed by atoms with Gasteiger partial charge in [-0.25, -0.2) is 8.42 Å². The number of carbonyl (C=O) groups excluding carboxylic acids is 1. The molecule has 1 aromatic heterocycles. The molecule has 1 atom stereocenters. The van der Waals surface area contributed by atoms with Gasteiger partial charge in [-0.05, 0) is 38.1 Å². The Kier molecular flexibility index (Phi) is 6.93. The van der Waals surface area contributed by atoms with Crippen molar-refractivity contribution in [1.82, 2.24) is 19.1 Å². The first-order valence-electron chi connectivity index (χ1n) is 9.25. The molecule has 29 heavy (non-hydrogen) atoms. The molecule has 0 amide bonds. The summed E-state index contributed by atoms with van der Waals surface area (Å²) >= 11 is 1.26. The average Bonchev–Trinajstić information content (AvgIpc) is 3.09. The zero-order chi connectivity index (χ0) is 21.0. The molecule has 11 heteroatoms. The number of nitrogens with zero attached hydrogens (tertiary/aromatic N) is 4. The molecule has 0 spiro atoms. The normalized spacial score (nSPS) is 16.5. The van der Waals surface area contributed by atoms with Crippen molar-refractivity contribution in [3.63, 3.8) is 0 Å². The third-order valence-corrected chi connectivity index (χ3v) is 7.48. The molecule has 0 saturated carbocycles. The van der Waals surface area contributed by atoms with Gasteiger partial charge in [-0.3, -0.25) is 4.79 Å². The molecule has 0 N–H and O–H groups in total. The molecule has 1 aliphatic rings. The van der Waals surface area contributed by atoms with Gasteiger partial charge in [0.1, 0.15) is 5.25 Å². The third-order valence-electron chi connectivity index (χ3n) is 4.46.